The summed E-state index contributed by atoms with van der Waals surface area (Å²) in [5.41, 5.74) is 1.74. The van der Waals surface area contributed by atoms with Crippen molar-refractivity contribution in [3.63, 3.8) is 0 Å². The van der Waals surface area contributed by atoms with E-state index in [0.29, 0.717) is 31.6 Å². The molecule has 5 nitrogen and oxygen atoms in total. The van der Waals surface area contributed by atoms with Gasteiger partial charge < -0.3 is 9.47 Å². The SMILES string of the molecule is CCC1(Cc2c(C)cccc2[N+](=O)[O-])OCCO1. The molecule has 5 heteroatoms. The van der Waals surface area contributed by atoms with Gasteiger partial charge in [-0.25, -0.2) is 0 Å². The Bertz CT molecular complexity index is 452. The fourth-order valence-corrected chi connectivity index (χ4v) is 2.29. The quantitative estimate of drug-likeness (QED) is 0.609. The second kappa shape index (κ2) is 5.04. The van der Waals surface area contributed by atoms with Crippen LogP contribution < -0.4 is 0 Å². The van der Waals surface area contributed by atoms with Crippen LogP contribution >= 0.6 is 0 Å². The van der Waals surface area contributed by atoms with Crippen molar-refractivity contribution in [3.05, 3.63) is 39.4 Å². The fraction of sp³-hybridized carbons (Fsp3) is 0.538. The zero-order chi connectivity index (χ0) is 13.2. The normalized spacial score (nSPS) is 17.9. The number of ether oxygens (including phenoxy) is 2. The third-order valence-electron chi connectivity index (χ3n) is 3.38. The first-order valence-corrected chi connectivity index (χ1v) is 6.09. The van der Waals surface area contributed by atoms with E-state index in [4.69, 9.17) is 9.47 Å². The van der Waals surface area contributed by atoms with Crippen molar-refractivity contribution in [2.24, 2.45) is 0 Å². The molecule has 2 rings (SSSR count). The van der Waals surface area contributed by atoms with Crippen molar-refractivity contribution in [1.29, 1.82) is 0 Å². The molecular formula is C13H17NO4. The summed E-state index contributed by atoms with van der Waals surface area (Å²) in [7, 11) is 0. The van der Waals surface area contributed by atoms with Crippen molar-refractivity contribution in [3.8, 4) is 0 Å². The third kappa shape index (κ3) is 2.37. The van der Waals surface area contributed by atoms with Crippen molar-refractivity contribution < 1.29 is 14.4 Å². The number of benzene rings is 1. The monoisotopic (exact) mass is 251 g/mol. The van der Waals surface area contributed by atoms with E-state index >= 15 is 0 Å². The van der Waals surface area contributed by atoms with Gasteiger partial charge in [-0.05, 0) is 18.9 Å². The molecular weight excluding hydrogens is 234 g/mol. The van der Waals surface area contributed by atoms with E-state index in [0.717, 1.165) is 5.56 Å². The fourth-order valence-electron chi connectivity index (χ4n) is 2.29. The first-order chi connectivity index (χ1) is 8.58. The zero-order valence-electron chi connectivity index (χ0n) is 10.6. The van der Waals surface area contributed by atoms with Crippen LogP contribution in [0, 0.1) is 17.0 Å². The van der Waals surface area contributed by atoms with E-state index in [1.54, 1.807) is 6.07 Å². The second-order valence-corrected chi connectivity index (χ2v) is 4.47. The van der Waals surface area contributed by atoms with E-state index in [9.17, 15) is 10.1 Å². The molecule has 0 atom stereocenters. The minimum absolute atomic E-state index is 0.141. The molecule has 0 bridgehead atoms. The molecule has 1 saturated heterocycles. The van der Waals surface area contributed by atoms with Crippen LogP contribution in [0.25, 0.3) is 0 Å². The highest BCUT2D eigenvalue weighted by atomic mass is 16.7. The third-order valence-corrected chi connectivity index (χ3v) is 3.38. The van der Waals surface area contributed by atoms with Gasteiger partial charge in [0.2, 0.25) is 0 Å². The van der Waals surface area contributed by atoms with Crippen LogP contribution in [0.5, 0.6) is 0 Å². The molecule has 1 aromatic rings. The Morgan fingerprint density at radius 2 is 2.06 bits per heavy atom. The van der Waals surface area contributed by atoms with E-state index in [-0.39, 0.29) is 10.6 Å². The molecule has 0 aliphatic carbocycles. The lowest BCUT2D eigenvalue weighted by molar-refractivity contribution is -0.386. The van der Waals surface area contributed by atoms with Gasteiger partial charge in [-0.1, -0.05) is 19.1 Å². The Morgan fingerprint density at radius 3 is 2.61 bits per heavy atom. The lowest BCUT2D eigenvalue weighted by Crippen LogP contribution is -2.32. The molecule has 0 saturated carbocycles. The molecule has 1 heterocycles. The van der Waals surface area contributed by atoms with Gasteiger partial charge in [0.1, 0.15) is 0 Å². The Morgan fingerprint density at radius 1 is 1.39 bits per heavy atom. The van der Waals surface area contributed by atoms with Crippen LogP contribution in [0.3, 0.4) is 0 Å². The van der Waals surface area contributed by atoms with Crippen LogP contribution in [0.4, 0.5) is 5.69 Å². The maximum atomic E-state index is 11.1. The second-order valence-electron chi connectivity index (χ2n) is 4.47. The van der Waals surface area contributed by atoms with E-state index < -0.39 is 5.79 Å². The first-order valence-electron chi connectivity index (χ1n) is 6.09. The Labute approximate surface area is 106 Å². The summed E-state index contributed by atoms with van der Waals surface area (Å²) in [5.74, 6) is -0.698. The number of nitro groups is 1. The molecule has 18 heavy (non-hydrogen) atoms. The molecule has 1 aliphatic heterocycles. The average Bonchev–Trinajstić information content (AvgIpc) is 2.81. The summed E-state index contributed by atoms with van der Waals surface area (Å²) in [6.45, 7) is 4.94. The summed E-state index contributed by atoms with van der Waals surface area (Å²) < 4.78 is 11.3. The smallest absolute Gasteiger partial charge is 0.273 e. The van der Waals surface area contributed by atoms with Gasteiger partial charge in [0.05, 0.1) is 18.1 Å². The van der Waals surface area contributed by atoms with E-state index in [1.165, 1.54) is 6.07 Å². The van der Waals surface area contributed by atoms with E-state index in [1.807, 2.05) is 19.9 Å². The summed E-state index contributed by atoms with van der Waals surface area (Å²) in [5, 5.41) is 11.1. The number of hydrogen-bond donors (Lipinski definition) is 0. The zero-order valence-corrected chi connectivity index (χ0v) is 10.6. The van der Waals surface area contributed by atoms with Gasteiger partial charge in [0.15, 0.2) is 5.79 Å². The standard InChI is InChI=1S/C13H17NO4/c1-3-13(17-7-8-18-13)9-11-10(2)5-4-6-12(11)14(15)16/h4-6H,3,7-9H2,1-2H3. The predicted octanol–water partition coefficient (Wildman–Crippen LogP) is 2.60. The average molecular weight is 251 g/mol. The summed E-state index contributed by atoms with van der Waals surface area (Å²) in [4.78, 5) is 10.7. The molecule has 0 spiro atoms. The van der Waals surface area contributed by atoms with Gasteiger partial charge in [0.25, 0.3) is 5.69 Å². The number of nitrogens with zero attached hydrogens (tertiary/aromatic N) is 1. The molecule has 1 aromatic carbocycles. The number of hydrogen-bond acceptors (Lipinski definition) is 4. The molecule has 1 aliphatic rings. The maximum absolute atomic E-state index is 11.1. The van der Waals surface area contributed by atoms with Crippen molar-refractivity contribution in [1.82, 2.24) is 0 Å². The minimum Gasteiger partial charge on any atom is -0.347 e. The van der Waals surface area contributed by atoms with Gasteiger partial charge in [-0.3, -0.25) is 10.1 Å². The number of nitro benzene ring substituents is 1. The van der Waals surface area contributed by atoms with Crippen LogP contribution in [-0.2, 0) is 15.9 Å². The van der Waals surface area contributed by atoms with Gasteiger partial charge in [-0.15, -0.1) is 0 Å². The van der Waals surface area contributed by atoms with Crippen molar-refractivity contribution >= 4 is 5.69 Å². The van der Waals surface area contributed by atoms with Gasteiger partial charge in [0, 0.05) is 18.1 Å². The molecule has 98 valence electrons. The first kappa shape index (κ1) is 13.0. The lowest BCUT2D eigenvalue weighted by atomic mass is 9.97. The molecule has 0 amide bonds. The molecule has 0 N–H and O–H groups in total. The molecule has 1 fully saturated rings. The van der Waals surface area contributed by atoms with Gasteiger partial charge in [-0.2, -0.15) is 0 Å². The maximum Gasteiger partial charge on any atom is 0.273 e. The topological polar surface area (TPSA) is 61.6 Å². The Balaban J connectivity index is 2.35. The largest absolute Gasteiger partial charge is 0.347 e. The van der Waals surface area contributed by atoms with Crippen LogP contribution in [0.15, 0.2) is 18.2 Å². The Hall–Kier alpha value is -1.46. The summed E-state index contributed by atoms with van der Waals surface area (Å²) >= 11 is 0. The van der Waals surface area contributed by atoms with Crippen molar-refractivity contribution in [2.75, 3.05) is 13.2 Å². The minimum atomic E-state index is -0.698. The highest BCUT2D eigenvalue weighted by molar-refractivity contribution is 5.45. The van der Waals surface area contributed by atoms with E-state index in [2.05, 4.69) is 0 Å². The predicted molar refractivity (Wildman–Crippen MR) is 66.5 cm³/mol. The van der Waals surface area contributed by atoms with Gasteiger partial charge >= 0.3 is 0 Å². The highest BCUT2D eigenvalue weighted by Gasteiger charge is 2.37. The number of aryl methyl sites for hydroxylation is 1. The summed E-state index contributed by atoms with van der Waals surface area (Å²) in [6.07, 6.45) is 1.10. The Kier molecular flexibility index (Phi) is 3.63. The molecule has 0 aromatic heterocycles. The lowest BCUT2D eigenvalue weighted by Gasteiger charge is -2.26. The highest BCUT2D eigenvalue weighted by Crippen LogP contribution is 2.32. The molecule has 0 radical (unpaired) electrons. The number of rotatable bonds is 4. The van der Waals surface area contributed by atoms with Crippen molar-refractivity contribution in [2.45, 2.75) is 32.5 Å². The van der Waals surface area contributed by atoms with Crippen LogP contribution in [-0.4, -0.2) is 23.9 Å². The van der Waals surface area contributed by atoms with Crippen LogP contribution in [0.1, 0.15) is 24.5 Å². The van der Waals surface area contributed by atoms with Crippen LogP contribution in [0.2, 0.25) is 0 Å². The molecule has 0 unspecified atom stereocenters. The summed E-state index contributed by atoms with van der Waals surface area (Å²) in [6, 6.07) is 5.10.